The number of H-pyrrole nitrogens is 1. The molecule has 1 aliphatic carbocycles. The molecule has 114 valence electrons. The van der Waals surface area contributed by atoms with E-state index in [1.54, 1.807) is 0 Å². The molecule has 5 nitrogen and oxygen atoms in total. The van der Waals surface area contributed by atoms with Crippen molar-refractivity contribution in [3.8, 4) is 11.3 Å². The highest BCUT2D eigenvalue weighted by Gasteiger charge is 2.27. The molecule has 0 spiro atoms. The smallest absolute Gasteiger partial charge is 0.350 e. The number of rotatable bonds is 4. The number of aromatic nitrogens is 2. The molecule has 0 saturated heterocycles. The monoisotopic (exact) mass is 361 g/mol. The summed E-state index contributed by atoms with van der Waals surface area (Å²) in [6.45, 7) is 1.87. The van der Waals surface area contributed by atoms with E-state index in [1.807, 2.05) is 19.1 Å². The number of aliphatic carboxylic acids is 1. The number of carboxylic acid groups (broad SMARTS) is 1. The van der Waals surface area contributed by atoms with Crippen LogP contribution in [0.25, 0.3) is 11.3 Å². The van der Waals surface area contributed by atoms with E-state index in [2.05, 4.69) is 32.0 Å². The molecule has 1 unspecified atom stereocenters. The first-order valence-corrected chi connectivity index (χ1v) is 7.99. The Bertz CT molecular complexity index is 767. The van der Waals surface area contributed by atoms with Crippen LogP contribution >= 0.6 is 15.9 Å². The van der Waals surface area contributed by atoms with Crippen LogP contribution in [0.1, 0.15) is 36.3 Å². The van der Waals surface area contributed by atoms with Gasteiger partial charge < -0.3 is 10.1 Å². The Labute approximate surface area is 136 Å². The van der Waals surface area contributed by atoms with Crippen molar-refractivity contribution in [3.05, 3.63) is 39.8 Å². The van der Waals surface area contributed by atoms with Gasteiger partial charge in [0.1, 0.15) is 11.5 Å². The topological polar surface area (TPSA) is 89.8 Å². The van der Waals surface area contributed by atoms with Gasteiger partial charge in [-0.25, -0.2) is 9.78 Å². The first kappa shape index (κ1) is 15.0. The third kappa shape index (κ3) is 2.47. The van der Waals surface area contributed by atoms with E-state index in [4.69, 9.17) is 10.5 Å². The van der Waals surface area contributed by atoms with E-state index in [1.165, 1.54) is 5.56 Å². The molecule has 6 heteroatoms. The van der Waals surface area contributed by atoms with Gasteiger partial charge in [-0.3, -0.25) is 5.41 Å². The highest BCUT2D eigenvalue weighted by atomic mass is 79.9. The molecule has 0 amide bonds. The molecule has 1 aromatic heterocycles. The number of hydrogen-bond acceptors (Lipinski definition) is 3. The van der Waals surface area contributed by atoms with Crippen LogP contribution < -0.4 is 0 Å². The van der Waals surface area contributed by atoms with Crippen molar-refractivity contribution in [1.82, 2.24) is 9.97 Å². The van der Waals surface area contributed by atoms with Crippen molar-refractivity contribution in [2.24, 2.45) is 0 Å². The molecule has 1 aromatic carbocycles. The fourth-order valence-electron chi connectivity index (χ4n) is 2.95. The quantitative estimate of drug-likeness (QED) is 0.727. The Morgan fingerprint density at radius 3 is 2.95 bits per heavy atom. The first-order chi connectivity index (χ1) is 10.5. The van der Waals surface area contributed by atoms with Crippen molar-refractivity contribution in [1.29, 1.82) is 5.41 Å². The van der Waals surface area contributed by atoms with E-state index in [0.717, 1.165) is 34.3 Å². The lowest BCUT2D eigenvalue weighted by molar-refractivity contribution is -0.129. The van der Waals surface area contributed by atoms with Crippen LogP contribution in [0.3, 0.4) is 0 Å². The Morgan fingerprint density at radius 2 is 2.27 bits per heavy atom. The lowest BCUT2D eigenvalue weighted by Crippen LogP contribution is -2.21. The summed E-state index contributed by atoms with van der Waals surface area (Å²) in [5.41, 5.74) is 3.96. The number of carbonyl (C=O) groups is 1. The number of carboxylic acids is 1. The maximum absolute atomic E-state index is 11.1. The maximum Gasteiger partial charge on any atom is 0.350 e. The molecule has 3 rings (SSSR count). The van der Waals surface area contributed by atoms with Gasteiger partial charge in [0.15, 0.2) is 0 Å². The summed E-state index contributed by atoms with van der Waals surface area (Å²) < 4.78 is 1.05. The van der Waals surface area contributed by atoms with Crippen LogP contribution in [0.5, 0.6) is 0 Å². The lowest BCUT2D eigenvalue weighted by Gasteiger charge is -2.15. The fourth-order valence-corrected chi connectivity index (χ4v) is 3.36. The number of nitrogens with one attached hydrogen (secondary N) is 2. The maximum atomic E-state index is 11.1. The highest BCUT2D eigenvalue weighted by Crippen LogP contribution is 2.35. The molecule has 0 saturated carbocycles. The van der Waals surface area contributed by atoms with E-state index < -0.39 is 11.9 Å². The van der Waals surface area contributed by atoms with Crippen LogP contribution in [-0.2, 0) is 17.6 Å². The number of nitrogens with zero attached hydrogens (tertiary/aromatic N) is 1. The van der Waals surface area contributed by atoms with Gasteiger partial charge in [-0.1, -0.05) is 28.9 Å². The van der Waals surface area contributed by atoms with Crippen LogP contribution in [0.15, 0.2) is 22.7 Å². The minimum Gasteiger partial charge on any atom is -0.477 e. The van der Waals surface area contributed by atoms with Gasteiger partial charge >= 0.3 is 5.97 Å². The molecule has 0 aliphatic heterocycles. The molecule has 0 bridgehead atoms. The summed E-state index contributed by atoms with van der Waals surface area (Å²) in [5.74, 6) is -1.11. The van der Waals surface area contributed by atoms with E-state index in [-0.39, 0.29) is 5.71 Å². The zero-order valence-corrected chi connectivity index (χ0v) is 13.7. The Hall–Kier alpha value is -1.95. The van der Waals surface area contributed by atoms with Crippen molar-refractivity contribution in [3.63, 3.8) is 0 Å². The zero-order chi connectivity index (χ0) is 15.9. The molecule has 0 fully saturated rings. The summed E-state index contributed by atoms with van der Waals surface area (Å²) in [6.07, 6.45) is 2.27. The number of aromatic amines is 1. The van der Waals surface area contributed by atoms with Crippen molar-refractivity contribution >= 4 is 27.6 Å². The second-order valence-electron chi connectivity index (χ2n) is 5.42. The molecule has 1 aliphatic rings. The van der Waals surface area contributed by atoms with Crippen LogP contribution in [0, 0.1) is 5.41 Å². The first-order valence-electron chi connectivity index (χ1n) is 7.20. The van der Waals surface area contributed by atoms with Crippen LogP contribution in [0.2, 0.25) is 0 Å². The molecular weight excluding hydrogens is 346 g/mol. The van der Waals surface area contributed by atoms with Gasteiger partial charge in [0.05, 0.1) is 17.3 Å². The molecule has 3 N–H and O–H groups in total. The summed E-state index contributed by atoms with van der Waals surface area (Å²) in [4.78, 5) is 18.9. The summed E-state index contributed by atoms with van der Waals surface area (Å²) >= 11 is 3.49. The Balaban J connectivity index is 2.04. The minimum absolute atomic E-state index is 0.315. The van der Waals surface area contributed by atoms with Gasteiger partial charge in [-0.05, 0) is 37.0 Å². The number of imidazole rings is 1. The van der Waals surface area contributed by atoms with Crippen LogP contribution in [0.4, 0.5) is 0 Å². The largest absolute Gasteiger partial charge is 0.477 e. The van der Waals surface area contributed by atoms with E-state index in [0.29, 0.717) is 12.2 Å². The standard InChI is InChI=1S/C16H16BrN3O2/c1-2-10(13(18)16(21)22)15-19-12-6-3-8-7-9(17)4-5-11(8)14(12)20-15/h4-5,7,10,18H,2-3,6H2,1H3,(H,19,20)(H,21,22). The highest BCUT2D eigenvalue weighted by molar-refractivity contribution is 9.10. The molecule has 1 heterocycles. The molecule has 0 radical (unpaired) electrons. The van der Waals surface area contributed by atoms with Crippen molar-refractivity contribution in [2.75, 3.05) is 0 Å². The Kier molecular flexibility index (Phi) is 3.87. The number of fused-ring (bicyclic) bond motifs is 3. The Morgan fingerprint density at radius 1 is 1.50 bits per heavy atom. The fraction of sp³-hybridized carbons (Fsp3) is 0.312. The average molecular weight is 362 g/mol. The van der Waals surface area contributed by atoms with E-state index in [9.17, 15) is 4.79 Å². The summed E-state index contributed by atoms with van der Waals surface area (Å²) in [7, 11) is 0. The SMILES string of the molecule is CCC(C(=N)C(=O)O)c1nc2c([nH]1)-c1ccc(Br)cc1CC2. The second-order valence-corrected chi connectivity index (χ2v) is 6.34. The lowest BCUT2D eigenvalue weighted by atomic mass is 9.92. The van der Waals surface area contributed by atoms with Gasteiger partial charge in [0, 0.05) is 10.0 Å². The number of hydrogen-bond donors (Lipinski definition) is 3. The third-order valence-corrected chi connectivity index (χ3v) is 4.58. The van der Waals surface area contributed by atoms with Crippen LogP contribution in [-0.4, -0.2) is 26.8 Å². The van der Waals surface area contributed by atoms with Gasteiger partial charge in [-0.15, -0.1) is 0 Å². The second kappa shape index (κ2) is 5.68. The summed E-state index contributed by atoms with van der Waals surface area (Å²) in [6, 6.07) is 6.14. The molecule has 22 heavy (non-hydrogen) atoms. The van der Waals surface area contributed by atoms with Crippen molar-refractivity contribution < 1.29 is 9.90 Å². The summed E-state index contributed by atoms with van der Waals surface area (Å²) in [5, 5.41) is 16.8. The van der Waals surface area contributed by atoms with Gasteiger partial charge in [-0.2, -0.15) is 0 Å². The average Bonchev–Trinajstić information content (AvgIpc) is 2.91. The number of aryl methyl sites for hydroxylation is 2. The molecular formula is C16H16BrN3O2. The number of benzene rings is 1. The zero-order valence-electron chi connectivity index (χ0n) is 12.1. The normalized spacial score (nSPS) is 14.1. The van der Waals surface area contributed by atoms with Gasteiger partial charge in [0.2, 0.25) is 0 Å². The minimum atomic E-state index is -1.19. The predicted molar refractivity (Wildman–Crippen MR) is 87.5 cm³/mol. The molecule has 2 aromatic rings. The van der Waals surface area contributed by atoms with Crippen molar-refractivity contribution in [2.45, 2.75) is 32.1 Å². The third-order valence-electron chi connectivity index (χ3n) is 4.08. The number of halogens is 1. The molecule has 1 atom stereocenters. The van der Waals surface area contributed by atoms with E-state index >= 15 is 0 Å². The predicted octanol–water partition coefficient (Wildman–Crippen LogP) is 3.54. The van der Waals surface area contributed by atoms with Gasteiger partial charge in [0.25, 0.3) is 0 Å².